The number of urea groups is 1. The number of halogens is 1. The number of nitrogens with zero attached hydrogens (tertiary/aromatic N) is 2. The first-order valence-corrected chi connectivity index (χ1v) is 8.61. The zero-order valence-electron chi connectivity index (χ0n) is 14.3. The summed E-state index contributed by atoms with van der Waals surface area (Å²) in [5, 5.41) is 6.17. The number of rotatable bonds is 2. The van der Waals surface area contributed by atoms with Gasteiger partial charge in [-0.15, -0.1) is 12.4 Å². The van der Waals surface area contributed by atoms with Crippen LogP contribution in [0.5, 0.6) is 0 Å². The number of amides is 4. The van der Waals surface area contributed by atoms with Crippen molar-refractivity contribution in [2.24, 2.45) is 0 Å². The maximum absolute atomic E-state index is 12.7. The minimum absolute atomic E-state index is 0. The Bertz CT molecular complexity index is 521. The van der Waals surface area contributed by atoms with Crippen molar-refractivity contribution >= 4 is 30.3 Å². The summed E-state index contributed by atoms with van der Waals surface area (Å²) >= 11 is 0. The molecule has 7 nitrogen and oxygen atoms in total. The summed E-state index contributed by atoms with van der Waals surface area (Å²) in [4.78, 5) is 40.4. The van der Waals surface area contributed by atoms with Crippen LogP contribution in [0, 0.1) is 0 Å². The molecule has 1 aliphatic carbocycles. The van der Waals surface area contributed by atoms with Crippen LogP contribution in [0.15, 0.2) is 0 Å². The summed E-state index contributed by atoms with van der Waals surface area (Å²) in [6, 6.07) is -0.151. The standard InChI is InChI=1S/C16H26N4O3.ClH/c1-11-12(2)19(9-8-17-11)13(21)10-20-14(22)16(18-15(20)23)6-4-3-5-7-16;/h11-12,17H,3-10H2,1-2H3,(H,18,23);1H. The first-order valence-electron chi connectivity index (χ1n) is 8.61. The molecule has 0 aromatic heterocycles. The van der Waals surface area contributed by atoms with Crippen LogP contribution in [0.4, 0.5) is 4.79 Å². The second-order valence-corrected chi connectivity index (χ2v) is 7.03. The Morgan fingerprint density at radius 3 is 2.54 bits per heavy atom. The molecule has 2 heterocycles. The first kappa shape index (κ1) is 19.0. The monoisotopic (exact) mass is 358 g/mol. The molecule has 4 amide bonds. The first-order chi connectivity index (χ1) is 10.9. The van der Waals surface area contributed by atoms with Gasteiger partial charge in [-0.05, 0) is 26.7 Å². The van der Waals surface area contributed by atoms with Gasteiger partial charge in [0.1, 0.15) is 12.1 Å². The highest BCUT2D eigenvalue weighted by atomic mass is 35.5. The van der Waals surface area contributed by atoms with Crippen LogP contribution in [0.25, 0.3) is 0 Å². The number of imide groups is 1. The molecule has 3 fully saturated rings. The SMILES string of the molecule is CC1NCCN(C(=O)CN2C(=O)NC3(CCCCC3)C2=O)C1C.Cl. The Labute approximate surface area is 148 Å². The lowest BCUT2D eigenvalue weighted by Crippen LogP contribution is -2.59. The number of carbonyl (C=O) groups excluding carboxylic acids is 3. The maximum atomic E-state index is 12.7. The van der Waals surface area contributed by atoms with Gasteiger partial charge in [-0.2, -0.15) is 0 Å². The van der Waals surface area contributed by atoms with Crippen LogP contribution in [-0.2, 0) is 9.59 Å². The summed E-state index contributed by atoms with van der Waals surface area (Å²) in [7, 11) is 0. The van der Waals surface area contributed by atoms with Crippen molar-refractivity contribution in [3.05, 3.63) is 0 Å². The van der Waals surface area contributed by atoms with E-state index < -0.39 is 11.6 Å². The molecule has 0 bridgehead atoms. The van der Waals surface area contributed by atoms with Gasteiger partial charge in [-0.3, -0.25) is 14.5 Å². The smallest absolute Gasteiger partial charge is 0.325 e. The molecule has 3 aliphatic rings. The molecule has 1 spiro atoms. The van der Waals surface area contributed by atoms with E-state index in [1.54, 1.807) is 4.90 Å². The Balaban J connectivity index is 0.00000208. The number of carbonyl (C=O) groups is 3. The third-order valence-electron chi connectivity index (χ3n) is 5.60. The van der Waals surface area contributed by atoms with Crippen molar-refractivity contribution in [3.63, 3.8) is 0 Å². The van der Waals surface area contributed by atoms with Gasteiger partial charge in [0.2, 0.25) is 5.91 Å². The van der Waals surface area contributed by atoms with E-state index in [2.05, 4.69) is 10.6 Å². The van der Waals surface area contributed by atoms with E-state index >= 15 is 0 Å². The van der Waals surface area contributed by atoms with Crippen molar-refractivity contribution in [1.82, 2.24) is 20.4 Å². The lowest BCUT2D eigenvalue weighted by molar-refractivity contribution is -0.141. The van der Waals surface area contributed by atoms with E-state index in [1.165, 1.54) is 0 Å². The number of hydrogen-bond acceptors (Lipinski definition) is 4. The summed E-state index contributed by atoms with van der Waals surface area (Å²) in [5.41, 5.74) is -0.752. The maximum Gasteiger partial charge on any atom is 0.325 e. The van der Waals surface area contributed by atoms with Gasteiger partial charge in [0.25, 0.3) is 5.91 Å². The lowest BCUT2D eigenvalue weighted by Gasteiger charge is -2.39. The molecule has 2 saturated heterocycles. The fourth-order valence-corrected chi connectivity index (χ4v) is 3.95. The van der Waals surface area contributed by atoms with Crippen LogP contribution in [0.1, 0.15) is 46.0 Å². The van der Waals surface area contributed by atoms with Crippen molar-refractivity contribution in [1.29, 1.82) is 0 Å². The summed E-state index contributed by atoms with van der Waals surface area (Å²) in [6.45, 7) is 5.22. The second-order valence-electron chi connectivity index (χ2n) is 7.03. The van der Waals surface area contributed by atoms with Crippen molar-refractivity contribution < 1.29 is 14.4 Å². The molecule has 1 saturated carbocycles. The minimum Gasteiger partial charge on any atom is -0.336 e. The van der Waals surface area contributed by atoms with Gasteiger partial charge in [0, 0.05) is 25.2 Å². The lowest BCUT2D eigenvalue weighted by atomic mass is 9.82. The Kier molecular flexibility index (Phi) is 5.75. The van der Waals surface area contributed by atoms with Crippen molar-refractivity contribution in [2.75, 3.05) is 19.6 Å². The van der Waals surface area contributed by atoms with E-state index in [0.717, 1.165) is 30.7 Å². The fraction of sp³-hybridized carbons (Fsp3) is 0.812. The highest BCUT2D eigenvalue weighted by Crippen LogP contribution is 2.33. The van der Waals surface area contributed by atoms with E-state index in [1.807, 2.05) is 13.8 Å². The molecular weight excluding hydrogens is 332 g/mol. The summed E-state index contributed by atoms with van der Waals surface area (Å²) in [5.74, 6) is -0.367. The number of piperazine rings is 1. The molecule has 2 N–H and O–H groups in total. The third kappa shape index (κ3) is 3.24. The molecule has 0 aromatic rings. The average Bonchev–Trinajstić information content (AvgIpc) is 2.75. The second kappa shape index (κ2) is 7.27. The largest absolute Gasteiger partial charge is 0.336 e. The molecule has 24 heavy (non-hydrogen) atoms. The van der Waals surface area contributed by atoms with Gasteiger partial charge >= 0.3 is 6.03 Å². The van der Waals surface area contributed by atoms with Gasteiger partial charge in [-0.25, -0.2) is 4.79 Å². The minimum atomic E-state index is -0.752. The van der Waals surface area contributed by atoms with Crippen LogP contribution in [0.3, 0.4) is 0 Å². The number of hydrogen-bond donors (Lipinski definition) is 2. The van der Waals surface area contributed by atoms with Gasteiger partial charge in [-0.1, -0.05) is 19.3 Å². The molecule has 2 unspecified atom stereocenters. The third-order valence-corrected chi connectivity index (χ3v) is 5.60. The van der Waals surface area contributed by atoms with Crippen LogP contribution in [0.2, 0.25) is 0 Å². The van der Waals surface area contributed by atoms with Crippen LogP contribution in [-0.4, -0.2) is 64.9 Å². The zero-order chi connectivity index (χ0) is 16.6. The summed E-state index contributed by atoms with van der Waals surface area (Å²) < 4.78 is 0. The van der Waals surface area contributed by atoms with Crippen molar-refractivity contribution in [3.8, 4) is 0 Å². The molecular formula is C16H27ClN4O3. The molecule has 2 atom stereocenters. The van der Waals surface area contributed by atoms with E-state index in [0.29, 0.717) is 19.4 Å². The molecule has 2 aliphatic heterocycles. The Hall–Kier alpha value is -1.34. The molecule has 0 radical (unpaired) electrons. The normalized spacial score (nSPS) is 29.4. The zero-order valence-corrected chi connectivity index (χ0v) is 15.2. The van der Waals surface area contributed by atoms with Gasteiger partial charge < -0.3 is 15.5 Å². The fourth-order valence-electron chi connectivity index (χ4n) is 3.95. The Morgan fingerprint density at radius 2 is 1.88 bits per heavy atom. The predicted molar refractivity (Wildman–Crippen MR) is 91.9 cm³/mol. The topological polar surface area (TPSA) is 81.8 Å². The molecule has 3 rings (SSSR count). The van der Waals surface area contributed by atoms with Gasteiger partial charge in [0.15, 0.2) is 0 Å². The van der Waals surface area contributed by atoms with Crippen molar-refractivity contribution in [2.45, 2.75) is 63.6 Å². The van der Waals surface area contributed by atoms with Crippen LogP contribution >= 0.6 is 12.4 Å². The van der Waals surface area contributed by atoms with E-state index in [-0.39, 0.29) is 42.8 Å². The average molecular weight is 359 g/mol. The quantitative estimate of drug-likeness (QED) is 0.718. The number of nitrogens with one attached hydrogen (secondary N) is 2. The Morgan fingerprint density at radius 1 is 1.21 bits per heavy atom. The van der Waals surface area contributed by atoms with E-state index in [9.17, 15) is 14.4 Å². The van der Waals surface area contributed by atoms with Crippen LogP contribution < -0.4 is 10.6 Å². The van der Waals surface area contributed by atoms with E-state index in [4.69, 9.17) is 0 Å². The highest BCUT2D eigenvalue weighted by molar-refractivity contribution is 6.09. The molecule has 136 valence electrons. The predicted octanol–water partition coefficient (Wildman–Crippen LogP) is 0.872. The highest BCUT2D eigenvalue weighted by Gasteiger charge is 2.52. The molecule has 8 heteroatoms. The molecule has 0 aromatic carbocycles. The van der Waals surface area contributed by atoms with Gasteiger partial charge in [0.05, 0.1) is 0 Å². The summed E-state index contributed by atoms with van der Waals surface area (Å²) in [6.07, 6.45) is 4.35.